The van der Waals surface area contributed by atoms with Crippen LogP contribution in [0.25, 0.3) is 0 Å². The molecule has 0 saturated carbocycles. The largest absolute Gasteiger partial charge is 0.366 e. The van der Waals surface area contributed by atoms with Crippen LogP contribution in [0.2, 0.25) is 5.02 Å². The Morgan fingerprint density at radius 1 is 1.08 bits per heavy atom. The summed E-state index contributed by atoms with van der Waals surface area (Å²) in [5.41, 5.74) is 2.56. The number of hydrogen-bond acceptors (Lipinski definition) is 2. The Bertz CT molecular complexity index is 742. The third-order valence-corrected chi connectivity index (χ3v) is 4.05. The highest BCUT2D eigenvalue weighted by molar-refractivity contribution is 6.36. The van der Waals surface area contributed by atoms with Gasteiger partial charge in [-0.25, -0.2) is 13.8 Å². The molecule has 0 atom stereocenters. The van der Waals surface area contributed by atoms with Gasteiger partial charge < -0.3 is 9.80 Å². The van der Waals surface area contributed by atoms with Gasteiger partial charge in [-0.15, -0.1) is 0 Å². The predicted molar refractivity (Wildman–Crippen MR) is 97.1 cm³/mol. The third kappa shape index (κ3) is 4.23. The highest BCUT2D eigenvalue weighted by Crippen LogP contribution is 2.38. The van der Waals surface area contributed by atoms with E-state index in [2.05, 4.69) is 4.99 Å². The number of aryl methyl sites for hydroxylation is 1. The van der Waals surface area contributed by atoms with E-state index in [0.29, 0.717) is 22.1 Å². The van der Waals surface area contributed by atoms with Crippen LogP contribution in [-0.2, 0) is 0 Å². The van der Waals surface area contributed by atoms with E-state index in [-0.39, 0.29) is 0 Å². The first kappa shape index (κ1) is 18.2. The van der Waals surface area contributed by atoms with Crippen LogP contribution in [-0.4, -0.2) is 31.9 Å². The van der Waals surface area contributed by atoms with Crippen molar-refractivity contribution in [3.8, 4) is 0 Å². The van der Waals surface area contributed by atoms with E-state index in [4.69, 9.17) is 11.6 Å². The van der Waals surface area contributed by atoms with Crippen molar-refractivity contribution in [2.45, 2.75) is 13.8 Å². The van der Waals surface area contributed by atoms with Crippen molar-refractivity contribution in [2.75, 3.05) is 25.5 Å². The molecule has 0 radical (unpaired) electrons. The van der Waals surface area contributed by atoms with E-state index in [0.717, 1.165) is 18.2 Å². The average Bonchev–Trinajstić information content (AvgIpc) is 2.53. The molecule has 0 aromatic heterocycles. The second-order valence-corrected chi connectivity index (χ2v) is 6.00. The summed E-state index contributed by atoms with van der Waals surface area (Å²) in [6.07, 6.45) is 1.70. The topological polar surface area (TPSA) is 18.8 Å². The first-order chi connectivity index (χ1) is 11.3. The molecule has 0 amide bonds. The second kappa shape index (κ2) is 7.62. The summed E-state index contributed by atoms with van der Waals surface area (Å²) in [4.78, 5) is 7.97. The average molecular weight is 352 g/mol. The van der Waals surface area contributed by atoms with Gasteiger partial charge in [-0.05, 0) is 43.7 Å². The monoisotopic (exact) mass is 351 g/mol. The molecular formula is C18H20ClF2N3. The molecule has 0 fully saturated rings. The van der Waals surface area contributed by atoms with E-state index in [1.807, 2.05) is 37.9 Å². The van der Waals surface area contributed by atoms with Crippen LogP contribution in [0.15, 0.2) is 35.3 Å². The van der Waals surface area contributed by atoms with Crippen molar-refractivity contribution >= 4 is 35.0 Å². The summed E-state index contributed by atoms with van der Waals surface area (Å²) in [5, 5.41) is 0.425. The van der Waals surface area contributed by atoms with Crippen LogP contribution < -0.4 is 4.90 Å². The Morgan fingerprint density at radius 3 is 2.29 bits per heavy atom. The van der Waals surface area contributed by atoms with Gasteiger partial charge in [0.25, 0.3) is 0 Å². The van der Waals surface area contributed by atoms with Crippen LogP contribution in [0.5, 0.6) is 0 Å². The first-order valence-corrected chi connectivity index (χ1v) is 7.94. The fourth-order valence-corrected chi connectivity index (χ4v) is 2.47. The van der Waals surface area contributed by atoms with Crippen molar-refractivity contribution in [1.29, 1.82) is 0 Å². The van der Waals surface area contributed by atoms with Crippen LogP contribution in [0.4, 0.5) is 25.8 Å². The molecule has 2 aromatic rings. The molecule has 0 aliphatic heterocycles. The zero-order valence-electron chi connectivity index (χ0n) is 14.1. The summed E-state index contributed by atoms with van der Waals surface area (Å²) >= 11 is 6.47. The molecule has 0 spiro atoms. The maximum atomic E-state index is 13.5. The molecular weight excluding hydrogens is 332 g/mol. The highest BCUT2D eigenvalue weighted by Gasteiger charge is 2.14. The van der Waals surface area contributed by atoms with E-state index < -0.39 is 11.6 Å². The minimum Gasteiger partial charge on any atom is -0.366 e. The second-order valence-electron chi connectivity index (χ2n) is 5.62. The van der Waals surface area contributed by atoms with E-state index >= 15 is 0 Å². The summed E-state index contributed by atoms with van der Waals surface area (Å²) in [7, 11) is 3.62. The smallest absolute Gasteiger partial charge is 0.128 e. The zero-order chi connectivity index (χ0) is 17.9. The van der Waals surface area contributed by atoms with Crippen molar-refractivity contribution in [3.05, 3.63) is 52.6 Å². The van der Waals surface area contributed by atoms with E-state index in [9.17, 15) is 8.78 Å². The number of nitrogens with zero attached hydrogens (tertiary/aromatic N) is 3. The third-order valence-electron chi connectivity index (χ3n) is 3.67. The van der Waals surface area contributed by atoms with Crippen molar-refractivity contribution < 1.29 is 8.78 Å². The summed E-state index contributed by atoms with van der Waals surface area (Å²) in [5.74, 6) is -1.27. The maximum absolute atomic E-state index is 13.5. The van der Waals surface area contributed by atoms with Gasteiger partial charge in [-0.2, -0.15) is 0 Å². The van der Waals surface area contributed by atoms with Crippen LogP contribution in [0.3, 0.4) is 0 Å². The molecule has 0 N–H and O–H groups in total. The Hall–Kier alpha value is -2.14. The molecule has 0 unspecified atom stereocenters. The molecule has 24 heavy (non-hydrogen) atoms. The number of anilines is 2. The Morgan fingerprint density at radius 2 is 1.71 bits per heavy atom. The lowest BCUT2D eigenvalue weighted by molar-refractivity contribution is 0.552. The minimum absolute atomic E-state index is 0.376. The van der Waals surface area contributed by atoms with Crippen molar-refractivity contribution in [3.63, 3.8) is 0 Å². The Kier molecular flexibility index (Phi) is 5.78. The summed E-state index contributed by atoms with van der Waals surface area (Å²) in [6, 6.07) is 7.08. The van der Waals surface area contributed by atoms with Crippen molar-refractivity contribution in [1.82, 2.24) is 4.90 Å². The van der Waals surface area contributed by atoms with Gasteiger partial charge in [-0.1, -0.05) is 11.6 Å². The van der Waals surface area contributed by atoms with Gasteiger partial charge in [0, 0.05) is 32.4 Å². The molecule has 2 aromatic carbocycles. The molecule has 3 nitrogen and oxygen atoms in total. The zero-order valence-corrected chi connectivity index (χ0v) is 14.9. The quantitative estimate of drug-likeness (QED) is 0.537. The minimum atomic E-state index is -0.636. The van der Waals surface area contributed by atoms with Gasteiger partial charge in [0.15, 0.2) is 0 Å². The van der Waals surface area contributed by atoms with Crippen LogP contribution in [0.1, 0.15) is 12.5 Å². The predicted octanol–water partition coefficient (Wildman–Crippen LogP) is 5.31. The van der Waals surface area contributed by atoms with Gasteiger partial charge in [-0.3, -0.25) is 0 Å². The maximum Gasteiger partial charge on any atom is 0.128 e. The van der Waals surface area contributed by atoms with Crippen LogP contribution in [0, 0.1) is 18.6 Å². The molecule has 0 bridgehead atoms. The summed E-state index contributed by atoms with van der Waals surface area (Å²) in [6.45, 7) is 4.76. The summed E-state index contributed by atoms with van der Waals surface area (Å²) < 4.78 is 27.0. The normalized spacial score (nSPS) is 11.1. The SMILES string of the molecule is CCN(C)/C=N\c1cc(C)cc(N(C)c2cc(F)cc(F)c2)c1Cl. The van der Waals surface area contributed by atoms with Crippen LogP contribution >= 0.6 is 11.6 Å². The molecule has 0 aliphatic rings. The molecule has 0 saturated heterocycles. The fraction of sp³-hybridized carbons (Fsp3) is 0.278. The molecule has 0 aliphatic carbocycles. The highest BCUT2D eigenvalue weighted by atomic mass is 35.5. The fourth-order valence-electron chi connectivity index (χ4n) is 2.18. The number of benzene rings is 2. The lowest BCUT2D eigenvalue weighted by Gasteiger charge is -2.22. The molecule has 6 heteroatoms. The lowest BCUT2D eigenvalue weighted by Crippen LogP contribution is -2.14. The van der Waals surface area contributed by atoms with Gasteiger partial charge in [0.1, 0.15) is 11.6 Å². The first-order valence-electron chi connectivity index (χ1n) is 7.56. The van der Waals surface area contributed by atoms with E-state index in [1.54, 1.807) is 18.3 Å². The molecule has 128 valence electrons. The van der Waals surface area contributed by atoms with Gasteiger partial charge >= 0.3 is 0 Å². The standard InChI is InChI=1S/C18H20ClF2N3/c1-5-23(3)11-22-16-6-12(2)7-17(18(16)19)24(4)15-9-13(20)8-14(21)10-15/h6-11H,5H2,1-4H3/b22-11-. The number of hydrogen-bond donors (Lipinski definition) is 0. The number of aliphatic imine (C=N–C) groups is 1. The van der Waals surface area contributed by atoms with Gasteiger partial charge in [0.05, 0.1) is 22.7 Å². The molecule has 0 heterocycles. The lowest BCUT2D eigenvalue weighted by atomic mass is 10.1. The Labute approximate surface area is 146 Å². The van der Waals surface area contributed by atoms with Crippen molar-refractivity contribution in [2.24, 2.45) is 4.99 Å². The number of rotatable bonds is 5. The Balaban J connectivity index is 2.46. The molecule has 2 rings (SSSR count). The number of halogens is 3. The van der Waals surface area contributed by atoms with E-state index in [1.165, 1.54) is 12.1 Å². The van der Waals surface area contributed by atoms with Gasteiger partial charge in [0.2, 0.25) is 0 Å².